The third kappa shape index (κ3) is 5.34. The molecule has 0 unspecified atom stereocenters. The third-order valence-electron chi connectivity index (χ3n) is 4.70. The number of amides is 3. The molecule has 2 aliphatic heterocycles. The van der Waals surface area contributed by atoms with E-state index in [0.29, 0.717) is 29.4 Å². The Hall–Kier alpha value is -2.43. The van der Waals surface area contributed by atoms with Gasteiger partial charge < -0.3 is 9.64 Å². The van der Waals surface area contributed by atoms with Crippen LogP contribution < -0.4 is 4.74 Å². The Morgan fingerprint density at radius 1 is 1.24 bits per heavy atom. The van der Waals surface area contributed by atoms with Gasteiger partial charge in [0, 0.05) is 23.7 Å². The first-order chi connectivity index (χ1) is 14.0. The number of thioether (sulfide) groups is 1. The molecule has 8 heteroatoms. The van der Waals surface area contributed by atoms with Crippen LogP contribution in [-0.2, 0) is 9.59 Å². The van der Waals surface area contributed by atoms with Gasteiger partial charge >= 0.3 is 0 Å². The van der Waals surface area contributed by atoms with Gasteiger partial charge in [-0.25, -0.2) is 0 Å². The van der Waals surface area contributed by atoms with Gasteiger partial charge in [-0.15, -0.1) is 6.42 Å². The van der Waals surface area contributed by atoms with Crippen molar-refractivity contribution in [2.75, 3.05) is 26.2 Å². The molecule has 0 aliphatic carbocycles. The Bertz CT molecular complexity index is 885. The Balaban J connectivity index is 1.75. The standard InChI is InChI=1S/C21H21ClN2O4S/c1-2-11-28-17-8-7-16(22)12-15(17)13-18-20(26)24(21(27)29-18)14-19(25)23-9-5-3-4-6-10-23/h1,7-8,12-13H,3-6,9-11,14H2/b18-13-. The Kier molecular flexibility index (Phi) is 7.24. The van der Waals surface area contributed by atoms with Gasteiger partial charge in [-0.3, -0.25) is 19.3 Å². The van der Waals surface area contributed by atoms with Crippen LogP contribution in [0.15, 0.2) is 23.1 Å². The van der Waals surface area contributed by atoms with Gasteiger partial charge in [-0.05, 0) is 48.9 Å². The zero-order valence-corrected chi connectivity index (χ0v) is 17.4. The van der Waals surface area contributed by atoms with Crippen molar-refractivity contribution in [2.24, 2.45) is 0 Å². The van der Waals surface area contributed by atoms with Crippen molar-refractivity contribution in [3.05, 3.63) is 33.7 Å². The number of rotatable bonds is 5. The maximum absolute atomic E-state index is 12.8. The molecule has 0 N–H and O–H groups in total. The van der Waals surface area contributed by atoms with Gasteiger partial charge in [-0.2, -0.15) is 0 Å². The minimum Gasteiger partial charge on any atom is -0.480 e. The minimum atomic E-state index is -0.494. The number of likely N-dealkylation sites (tertiary alicyclic amines) is 1. The number of benzene rings is 1. The minimum absolute atomic E-state index is 0.0638. The molecule has 0 spiro atoms. The lowest BCUT2D eigenvalue weighted by atomic mass is 10.2. The average molecular weight is 433 g/mol. The highest BCUT2D eigenvalue weighted by Gasteiger charge is 2.37. The van der Waals surface area contributed by atoms with E-state index < -0.39 is 11.1 Å². The van der Waals surface area contributed by atoms with Crippen molar-refractivity contribution in [2.45, 2.75) is 25.7 Å². The largest absolute Gasteiger partial charge is 0.480 e. The molecule has 2 heterocycles. The summed E-state index contributed by atoms with van der Waals surface area (Å²) in [7, 11) is 0. The fraction of sp³-hybridized carbons (Fsp3) is 0.381. The fourth-order valence-electron chi connectivity index (χ4n) is 3.22. The lowest BCUT2D eigenvalue weighted by molar-refractivity contribution is -0.135. The highest BCUT2D eigenvalue weighted by atomic mass is 35.5. The number of terminal acetylenes is 1. The van der Waals surface area contributed by atoms with Gasteiger partial charge in [0.25, 0.3) is 11.1 Å². The maximum atomic E-state index is 12.8. The molecule has 0 bridgehead atoms. The number of hydrogen-bond donors (Lipinski definition) is 0. The molecule has 6 nitrogen and oxygen atoms in total. The molecule has 2 saturated heterocycles. The first-order valence-corrected chi connectivity index (χ1v) is 10.6. The lowest BCUT2D eigenvalue weighted by Gasteiger charge is -2.22. The molecule has 2 fully saturated rings. The quantitative estimate of drug-likeness (QED) is 0.523. The van der Waals surface area contributed by atoms with Crippen LogP contribution in [0.2, 0.25) is 5.02 Å². The molecule has 3 rings (SSSR count). The highest BCUT2D eigenvalue weighted by molar-refractivity contribution is 8.18. The van der Waals surface area contributed by atoms with Gasteiger partial charge in [0.05, 0.1) is 4.91 Å². The first kappa shape index (κ1) is 21.3. The SMILES string of the molecule is C#CCOc1ccc(Cl)cc1/C=C1\SC(=O)N(CC(=O)N2CCCCCC2)C1=O. The number of carbonyl (C=O) groups excluding carboxylic acids is 3. The van der Waals surface area contributed by atoms with E-state index in [1.54, 1.807) is 29.2 Å². The summed E-state index contributed by atoms with van der Waals surface area (Å²) in [5.74, 6) is 2.15. The Morgan fingerprint density at radius 2 is 1.97 bits per heavy atom. The summed E-state index contributed by atoms with van der Waals surface area (Å²) < 4.78 is 5.48. The van der Waals surface area contributed by atoms with Crippen LogP contribution >= 0.6 is 23.4 Å². The number of carbonyl (C=O) groups is 3. The summed E-state index contributed by atoms with van der Waals surface area (Å²) in [5, 5.41) is -0.00239. The Labute approximate surface area is 179 Å². The van der Waals surface area contributed by atoms with E-state index >= 15 is 0 Å². The topological polar surface area (TPSA) is 66.9 Å². The van der Waals surface area contributed by atoms with Crippen LogP contribution in [0.5, 0.6) is 5.75 Å². The molecule has 1 aromatic carbocycles. The van der Waals surface area contributed by atoms with E-state index in [1.165, 1.54) is 0 Å². The number of imide groups is 1. The third-order valence-corrected chi connectivity index (χ3v) is 5.84. The van der Waals surface area contributed by atoms with E-state index in [4.69, 9.17) is 22.8 Å². The van der Waals surface area contributed by atoms with E-state index in [9.17, 15) is 14.4 Å². The molecule has 29 heavy (non-hydrogen) atoms. The molecule has 2 aliphatic rings. The normalized spacial score (nSPS) is 18.7. The van der Waals surface area contributed by atoms with Crippen molar-refractivity contribution < 1.29 is 19.1 Å². The van der Waals surface area contributed by atoms with Crippen molar-refractivity contribution in [3.63, 3.8) is 0 Å². The van der Waals surface area contributed by atoms with Gasteiger partial charge in [0.2, 0.25) is 5.91 Å². The summed E-state index contributed by atoms with van der Waals surface area (Å²) in [4.78, 5) is 40.6. The molecule has 0 saturated carbocycles. The van der Waals surface area contributed by atoms with Crippen LogP contribution in [0.1, 0.15) is 31.2 Å². The van der Waals surface area contributed by atoms with Crippen molar-refractivity contribution in [1.82, 2.24) is 9.80 Å². The molecule has 152 valence electrons. The van der Waals surface area contributed by atoms with Gasteiger partial charge in [0.1, 0.15) is 18.9 Å². The van der Waals surface area contributed by atoms with E-state index in [1.807, 2.05) is 0 Å². The molecule has 0 atom stereocenters. The molecule has 3 amide bonds. The van der Waals surface area contributed by atoms with Crippen molar-refractivity contribution in [3.8, 4) is 18.1 Å². The predicted molar refractivity (Wildman–Crippen MR) is 114 cm³/mol. The summed E-state index contributed by atoms with van der Waals surface area (Å²) in [6.07, 6.45) is 10.9. The highest BCUT2D eigenvalue weighted by Crippen LogP contribution is 2.34. The number of ether oxygens (including phenoxy) is 1. The molecule has 0 radical (unpaired) electrons. The van der Waals surface area contributed by atoms with Crippen LogP contribution in [0, 0.1) is 12.3 Å². The molecule has 1 aromatic rings. The second-order valence-electron chi connectivity index (χ2n) is 6.74. The van der Waals surface area contributed by atoms with E-state index in [-0.39, 0.29) is 24.0 Å². The average Bonchev–Trinajstić information content (AvgIpc) is 2.89. The summed E-state index contributed by atoms with van der Waals surface area (Å²) in [6.45, 7) is 1.17. The van der Waals surface area contributed by atoms with Crippen LogP contribution in [0.3, 0.4) is 0 Å². The zero-order chi connectivity index (χ0) is 20.8. The second kappa shape index (κ2) is 9.86. The fourth-order valence-corrected chi connectivity index (χ4v) is 4.23. The van der Waals surface area contributed by atoms with E-state index in [2.05, 4.69) is 5.92 Å². The summed E-state index contributed by atoms with van der Waals surface area (Å²) >= 11 is 6.85. The Morgan fingerprint density at radius 3 is 2.66 bits per heavy atom. The van der Waals surface area contributed by atoms with Crippen molar-refractivity contribution in [1.29, 1.82) is 0 Å². The first-order valence-electron chi connectivity index (χ1n) is 9.38. The lowest BCUT2D eigenvalue weighted by Crippen LogP contribution is -2.42. The van der Waals surface area contributed by atoms with Crippen molar-refractivity contribution >= 4 is 46.5 Å². The summed E-state index contributed by atoms with van der Waals surface area (Å²) in [5.41, 5.74) is 0.539. The maximum Gasteiger partial charge on any atom is 0.294 e. The second-order valence-corrected chi connectivity index (χ2v) is 8.17. The number of hydrogen-bond acceptors (Lipinski definition) is 5. The number of halogens is 1. The van der Waals surface area contributed by atoms with Gasteiger partial charge in [0.15, 0.2) is 0 Å². The van der Waals surface area contributed by atoms with E-state index in [0.717, 1.165) is 42.3 Å². The van der Waals surface area contributed by atoms with Gasteiger partial charge in [-0.1, -0.05) is 30.4 Å². The molecule has 0 aromatic heterocycles. The number of nitrogens with zero attached hydrogens (tertiary/aromatic N) is 2. The van der Waals surface area contributed by atoms with Crippen LogP contribution in [-0.4, -0.2) is 53.1 Å². The smallest absolute Gasteiger partial charge is 0.294 e. The zero-order valence-electron chi connectivity index (χ0n) is 15.9. The predicted octanol–water partition coefficient (Wildman–Crippen LogP) is 3.79. The summed E-state index contributed by atoms with van der Waals surface area (Å²) in [6, 6.07) is 4.93. The molecular formula is C21H21ClN2O4S. The van der Waals surface area contributed by atoms with Crippen LogP contribution in [0.25, 0.3) is 6.08 Å². The monoisotopic (exact) mass is 432 g/mol. The molecular weight excluding hydrogens is 412 g/mol. The van der Waals surface area contributed by atoms with Crippen LogP contribution in [0.4, 0.5) is 4.79 Å².